The van der Waals surface area contributed by atoms with Crippen LogP contribution in [-0.2, 0) is 0 Å². The van der Waals surface area contributed by atoms with Gasteiger partial charge in [0.2, 0.25) is 11.8 Å². The molecule has 0 aliphatic carbocycles. The molecule has 5 N–H and O–H groups in total. The Hall–Kier alpha value is -1.69. The SMILES string of the molecule is NCCCCCC(=O)c1cc(O)n(O)c1O. The van der Waals surface area contributed by atoms with Crippen molar-refractivity contribution in [2.24, 2.45) is 5.73 Å². The zero-order chi connectivity index (χ0) is 12.1. The van der Waals surface area contributed by atoms with Crippen molar-refractivity contribution < 1.29 is 20.2 Å². The molecule has 0 amide bonds. The highest BCUT2D eigenvalue weighted by Gasteiger charge is 2.18. The van der Waals surface area contributed by atoms with Gasteiger partial charge >= 0.3 is 0 Å². The number of unbranched alkanes of at least 4 members (excludes halogenated alkanes) is 2. The average Bonchev–Trinajstić information content (AvgIpc) is 2.52. The molecule has 0 aliphatic rings. The number of hydrogen-bond donors (Lipinski definition) is 4. The predicted octanol–water partition coefficient (Wildman–Crippen LogP) is 0.838. The molecule has 0 atom stereocenters. The zero-order valence-corrected chi connectivity index (χ0v) is 8.89. The van der Waals surface area contributed by atoms with E-state index in [9.17, 15) is 9.90 Å². The van der Waals surface area contributed by atoms with Crippen molar-refractivity contribution in [2.45, 2.75) is 25.7 Å². The highest BCUT2D eigenvalue weighted by molar-refractivity contribution is 5.98. The Labute approximate surface area is 92.9 Å². The summed E-state index contributed by atoms with van der Waals surface area (Å²) in [4.78, 5) is 11.6. The van der Waals surface area contributed by atoms with E-state index in [1.165, 1.54) is 0 Å². The second-order valence-electron chi connectivity index (χ2n) is 3.57. The number of carbonyl (C=O) groups is 1. The lowest BCUT2D eigenvalue weighted by atomic mass is 10.1. The van der Waals surface area contributed by atoms with Crippen LogP contribution in [0.5, 0.6) is 11.8 Å². The third-order valence-electron chi connectivity index (χ3n) is 2.34. The van der Waals surface area contributed by atoms with Crippen LogP contribution in [0.4, 0.5) is 0 Å². The molecule has 6 heteroatoms. The Kier molecular flexibility index (Phi) is 4.19. The number of ketones is 1. The van der Waals surface area contributed by atoms with Crippen LogP contribution in [0.15, 0.2) is 6.07 Å². The van der Waals surface area contributed by atoms with Gasteiger partial charge in [0, 0.05) is 12.5 Å². The number of hydrogen-bond acceptors (Lipinski definition) is 5. The number of aromatic hydroxyl groups is 2. The lowest BCUT2D eigenvalue weighted by Crippen LogP contribution is -2.01. The Morgan fingerprint density at radius 1 is 1.31 bits per heavy atom. The van der Waals surface area contributed by atoms with Crippen LogP contribution < -0.4 is 5.73 Å². The maximum absolute atomic E-state index is 11.6. The van der Waals surface area contributed by atoms with E-state index in [4.69, 9.17) is 16.0 Å². The molecule has 0 saturated carbocycles. The van der Waals surface area contributed by atoms with Crippen molar-refractivity contribution in [3.63, 3.8) is 0 Å². The van der Waals surface area contributed by atoms with E-state index in [-0.39, 0.29) is 22.5 Å². The van der Waals surface area contributed by atoms with Crippen LogP contribution in [0, 0.1) is 0 Å². The summed E-state index contributed by atoms with van der Waals surface area (Å²) in [6.07, 6.45) is 2.63. The molecule has 0 bridgehead atoms. The van der Waals surface area contributed by atoms with Crippen LogP contribution in [0.2, 0.25) is 0 Å². The van der Waals surface area contributed by atoms with Crippen LogP contribution in [-0.4, -0.2) is 32.5 Å². The van der Waals surface area contributed by atoms with Crippen molar-refractivity contribution in [1.82, 2.24) is 4.73 Å². The third kappa shape index (κ3) is 2.66. The first-order chi connectivity index (χ1) is 7.57. The maximum Gasteiger partial charge on any atom is 0.240 e. The summed E-state index contributed by atoms with van der Waals surface area (Å²) in [6, 6.07) is 1.04. The van der Waals surface area contributed by atoms with E-state index in [2.05, 4.69) is 0 Å². The van der Waals surface area contributed by atoms with Gasteiger partial charge in [-0.2, -0.15) is 0 Å². The van der Waals surface area contributed by atoms with E-state index in [1.54, 1.807) is 0 Å². The summed E-state index contributed by atoms with van der Waals surface area (Å²) in [5.41, 5.74) is 5.25. The summed E-state index contributed by atoms with van der Waals surface area (Å²) in [7, 11) is 0. The first kappa shape index (κ1) is 12.4. The van der Waals surface area contributed by atoms with Gasteiger partial charge in [-0.05, 0) is 19.4 Å². The second-order valence-corrected chi connectivity index (χ2v) is 3.57. The summed E-state index contributed by atoms with van der Waals surface area (Å²) >= 11 is 0. The van der Waals surface area contributed by atoms with Gasteiger partial charge in [-0.3, -0.25) is 4.79 Å². The van der Waals surface area contributed by atoms with Gasteiger partial charge in [0.1, 0.15) is 0 Å². The normalized spacial score (nSPS) is 10.6. The molecule has 0 unspecified atom stereocenters. The second kappa shape index (κ2) is 5.41. The monoisotopic (exact) mass is 228 g/mol. The molecule has 0 spiro atoms. The molecule has 0 saturated heterocycles. The Morgan fingerprint density at radius 3 is 2.50 bits per heavy atom. The van der Waals surface area contributed by atoms with Gasteiger partial charge in [0.15, 0.2) is 5.78 Å². The molecule has 6 nitrogen and oxygen atoms in total. The van der Waals surface area contributed by atoms with Crippen molar-refractivity contribution >= 4 is 5.78 Å². The lowest BCUT2D eigenvalue weighted by Gasteiger charge is -1.99. The number of aromatic nitrogens is 1. The van der Waals surface area contributed by atoms with E-state index in [1.807, 2.05) is 0 Å². The molecule has 16 heavy (non-hydrogen) atoms. The molecule has 0 aromatic carbocycles. The molecule has 1 rings (SSSR count). The highest BCUT2D eigenvalue weighted by atomic mass is 16.5. The van der Waals surface area contributed by atoms with Crippen LogP contribution >= 0.6 is 0 Å². The Balaban J connectivity index is 2.56. The van der Waals surface area contributed by atoms with Gasteiger partial charge in [0.05, 0.1) is 5.56 Å². The maximum atomic E-state index is 11.6. The molecule has 1 heterocycles. The van der Waals surface area contributed by atoms with Gasteiger partial charge in [-0.25, -0.2) is 0 Å². The number of nitrogens with zero attached hydrogens (tertiary/aromatic N) is 1. The van der Waals surface area contributed by atoms with E-state index in [0.29, 0.717) is 13.0 Å². The van der Waals surface area contributed by atoms with Crippen molar-refractivity contribution in [2.75, 3.05) is 6.54 Å². The largest absolute Gasteiger partial charge is 0.492 e. The third-order valence-corrected chi connectivity index (χ3v) is 2.34. The van der Waals surface area contributed by atoms with E-state index in [0.717, 1.165) is 18.9 Å². The van der Waals surface area contributed by atoms with Gasteiger partial charge in [0.25, 0.3) is 0 Å². The van der Waals surface area contributed by atoms with Gasteiger partial charge in [-0.1, -0.05) is 6.42 Å². The number of nitrogens with two attached hydrogens (primary N) is 1. The lowest BCUT2D eigenvalue weighted by molar-refractivity contribution is 0.0966. The van der Waals surface area contributed by atoms with Crippen molar-refractivity contribution in [3.8, 4) is 11.8 Å². The Bertz CT molecular complexity index is 373. The fourth-order valence-electron chi connectivity index (χ4n) is 1.42. The van der Waals surface area contributed by atoms with Gasteiger partial charge in [-0.15, -0.1) is 4.73 Å². The molecular formula is C10H16N2O4. The Morgan fingerprint density at radius 2 is 2.00 bits per heavy atom. The smallest absolute Gasteiger partial charge is 0.240 e. The average molecular weight is 228 g/mol. The quantitative estimate of drug-likeness (QED) is 0.328. The topological polar surface area (TPSA) is 109 Å². The number of rotatable bonds is 6. The minimum absolute atomic E-state index is 0.0623. The fraction of sp³-hybridized carbons (Fsp3) is 0.500. The molecule has 0 aliphatic heterocycles. The number of Topliss-reactive ketones (excluding diaryl/α,β-unsaturated/α-hetero) is 1. The minimum Gasteiger partial charge on any atom is -0.492 e. The summed E-state index contributed by atoms with van der Waals surface area (Å²) in [6.45, 7) is 0.591. The molecule has 90 valence electrons. The molecule has 0 fully saturated rings. The van der Waals surface area contributed by atoms with Crippen LogP contribution in [0.25, 0.3) is 0 Å². The first-order valence-electron chi connectivity index (χ1n) is 5.14. The molecular weight excluding hydrogens is 212 g/mol. The summed E-state index contributed by atoms with van der Waals surface area (Å²) < 4.78 is 0.174. The van der Waals surface area contributed by atoms with E-state index >= 15 is 0 Å². The number of carbonyl (C=O) groups excluding carboxylic acids is 1. The molecule has 1 aromatic heterocycles. The predicted molar refractivity (Wildman–Crippen MR) is 56.8 cm³/mol. The minimum atomic E-state index is -0.624. The zero-order valence-electron chi connectivity index (χ0n) is 8.89. The van der Waals surface area contributed by atoms with Crippen LogP contribution in [0.1, 0.15) is 36.0 Å². The molecule has 1 aromatic rings. The fourth-order valence-corrected chi connectivity index (χ4v) is 1.42. The highest BCUT2D eigenvalue weighted by Crippen LogP contribution is 2.26. The first-order valence-corrected chi connectivity index (χ1v) is 5.14. The van der Waals surface area contributed by atoms with Crippen molar-refractivity contribution in [3.05, 3.63) is 11.6 Å². The summed E-state index contributed by atoms with van der Waals surface area (Å²) in [5, 5.41) is 27.4. The summed E-state index contributed by atoms with van der Waals surface area (Å²) in [5.74, 6) is -1.48. The van der Waals surface area contributed by atoms with Crippen molar-refractivity contribution in [1.29, 1.82) is 0 Å². The standard InChI is InChI=1S/C10H16N2O4/c11-5-3-1-2-4-8(13)7-6-9(14)12(16)10(7)15/h6,14-16H,1-5,11H2. The molecule has 0 radical (unpaired) electrons. The van der Waals surface area contributed by atoms with Gasteiger partial charge < -0.3 is 21.2 Å². The van der Waals surface area contributed by atoms with Crippen LogP contribution in [0.3, 0.4) is 0 Å². The van der Waals surface area contributed by atoms with E-state index < -0.39 is 11.8 Å².